The normalized spacial score (nSPS) is 10.7. The van der Waals surface area contributed by atoms with Gasteiger partial charge in [-0.1, -0.05) is 13.8 Å². The highest BCUT2D eigenvalue weighted by atomic mass is 16.1. The number of amides is 1. The molecule has 0 aliphatic heterocycles. The Bertz CT molecular complexity index is 296. The van der Waals surface area contributed by atoms with Crippen molar-refractivity contribution in [1.29, 1.82) is 0 Å². The van der Waals surface area contributed by atoms with Gasteiger partial charge in [-0.05, 0) is 6.42 Å². The monoisotopic (exact) mass is 225 g/mol. The summed E-state index contributed by atoms with van der Waals surface area (Å²) in [6.45, 7) is 5.06. The molecule has 90 valence electrons. The summed E-state index contributed by atoms with van der Waals surface area (Å²) in [7, 11) is 0. The second-order valence-corrected chi connectivity index (χ2v) is 3.92. The molecule has 3 N–H and O–H groups in total. The van der Waals surface area contributed by atoms with E-state index in [2.05, 4.69) is 25.8 Å². The highest BCUT2D eigenvalue weighted by Gasteiger charge is 2.01. The van der Waals surface area contributed by atoms with Crippen LogP contribution in [0.1, 0.15) is 26.1 Å². The van der Waals surface area contributed by atoms with E-state index >= 15 is 0 Å². The molecule has 0 atom stereocenters. The third kappa shape index (κ3) is 5.45. The molecule has 16 heavy (non-hydrogen) atoms. The van der Waals surface area contributed by atoms with Gasteiger partial charge >= 0.3 is 0 Å². The highest BCUT2D eigenvalue weighted by molar-refractivity contribution is 5.77. The van der Waals surface area contributed by atoms with Crippen LogP contribution in [-0.2, 0) is 11.2 Å². The van der Waals surface area contributed by atoms with Crippen LogP contribution >= 0.6 is 0 Å². The van der Waals surface area contributed by atoms with Crippen molar-refractivity contribution >= 4 is 5.91 Å². The van der Waals surface area contributed by atoms with Crippen molar-refractivity contribution in [3.8, 4) is 0 Å². The van der Waals surface area contributed by atoms with Crippen molar-refractivity contribution in [1.82, 2.24) is 25.8 Å². The number of hydrogen-bond acceptors (Lipinski definition) is 4. The van der Waals surface area contributed by atoms with Gasteiger partial charge in [0.2, 0.25) is 5.91 Å². The summed E-state index contributed by atoms with van der Waals surface area (Å²) in [5.41, 5.74) is 0. The quantitative estimate of drug-likeness (QED) is 0.564. The lowest BCUT2D eigenvalue weighted by atomic mass is 10.3. The fraction of sp³-hybridized carbons (Fsp3) is 0.700. The van der Waals surface area contributed by atoms with E-state index in [0.29, 0.717) is 19.1 Å². The van der Waals surface area contributed by atoms with Gasteiger partial charge in [-0.25, -0.2) is 4.98 Å². The average molecular weight is 225 g/mol. The molecule has 0 saturated heterocycles. The lowest BCUT2D eigenvalue weighted by Gasteiger charge is -2.08. The summed E-state index contributed by atoms with van der Waals surface area (Å²) in [5, 5.41) is 12.4. The summed E-state index contributed by atoms with van der Waals surface area (Å²) in [6.07, 6.45) is 3.15. The number of nitrogens with one attached hydrogen (secondary N) is 3. The van der Waals surface area contributed by atoms with E-state index in [1.807, 2.05) is 13.8 Å². The van der Waals surface area contributed by atoms with E-state index in [0.717, 1.165) is 18.7 Å². The first-order valence-corrected chi connectivity index (χ1v) is 5.53. The number of aromatic nitrogens is 3. The smallest absolute Gasteiger partial charge is 0.233 e. The largest absolute Gasteiger partial charge is 0.355 e. The number of aromatic amines is 1. The zero-order valence-electron chi connectivity index (χ0n) is 9.79. The molecule has 1 aromatic heterocycles. The molecule has 0 aliphatic rings. The molecule has 0 radical (unpaired) electrons. The third-order valence-corrected chi connectivity index (χ3v) is 2.05. The van der Waals surface area contributed by atoms with E-state index < -0.39 is 0 Å². The first-order chi connectivity index (χ1) is 7.68. The Labute approximate surface area is 95.2 Å². The molecule has 1 amide bonds. The Morgan fingerprint density at radius 3 is 3.00 bits per heavy atom. The summed E-state index contributed by atoms with van der Waals surface area (Å²) < 4.78 is 0. The summed E-state index contributed by atoms with van der Waals surface area (Å²) in [4.78, 5) is 15.3. The van der Waals surface area contributed by atoms with E-state index in [9.17, 15) is 4.79 Å². The molecule has 1 aromatic rings. The first-order valence-electron chi connectivity index (χ1n) is 5.53. The first kappa shape index (κ1) is 12.6. The van der Waals surface area contributed by atoms with E-state index in [1.165, 1.54) is 6.33 Å². The molecule has 6 heteroatoms. The zero-order valence-corrected chi connectivity index (χ0v) is 9.79. The Morgan fingerprint density at radius 2 is 2.38 bits per heavy atom. The van der Waals surface area contributed by atoms with E-state index in [4.69, 9.17) is 0 Å². The van der Waals surface area contributed by atoms with Crippen LogP contribution in [0.2, 0.25) is 0 Å². The molecule has 6 nitrogen and oxygen atoms in total. The van der Waals surface area contributed by atoms with E-state index in [1.54, 1.807) is 0 Å². The molecule has 0 aromatic carbocycles. The summed E-state index contributed by atoms with van der Waals surface area (Å²) >= 11 is 0. The van der Waals surface area contributed by atoms with Crippen LogP contribution in [-0.4, -0.2) is 40.2 Å². The predicted octanol–water partition coefficient (Wildman–Crippen LogP) is -0.148. The maximum absolute atomic E-state index is 11.3. The van der Waals surface area contributed by atoms with Crippen molar-refractivity contribution in [3.05, 3.63) is 12.2 Å². The molecular weight excluding hydrogens is 206 g/mol. The van der Waals surface area contributed by atoms with Gasteiger partial charge in [-0.15, -0.1) is 0 Å². The van der Waals surface area contributed by atoms with Crippen molar-refractivity contribution in [2.45, 2.75) is 32.7 Å². The fourth-order valence-corrected chi connectivity index (χ4v) is 1.19. The number of aryl methyl sites for hydroxylation is 1. The maximum atomic E-state index is 11.3. The van der Waals surface area contributed by atoms with Crippen LogP contribution in [0.15, 0.2) is 6.33 Å². The minimum absolute atomic E-state index is 0.0336. The molecule has 0 unspecified atom stereocenters. The number of carbonyl (C=O) groups is 1. The van der Waals surface area contributed by atoms with Crippen molar-refractivity contribution in [2.75, 3.05) is 13.1 Å². The summed E-state index contributed by atoms with van der Waals surface area (Å²) in [6, 6.07) is 0.333. The SMILES string of the molecule is CC(C)NCC(=O)NCCCc1ncn[nH]1. The minimum atomic E-state index is 0.0336. The van der Waals surface area contributed by atoms with Crippen LogP contribution < -0.4 is 10.6 Å². The molecule has 0 spiro atoms. The standard InChI is InChI=1S/C10H19N5O/c1-8(2)12-6-10(16)11-5-3-4-9-13-7-14-15-9/h7-8,12H,3-6H2,1-2H3,(H,11,16)(H,13,14,15). The van der Waals surface area contributed by atoms with Crippen molar-refractivity contribution < 1.29 is 4.79 Å². The molecular formula is C10H19N5O. The van der Waals surface area contributed by atoms with E-state index in [-0.39, 0.29) is 5.91 Å². The van der Waals surface area contributed by atoms with Crippen LogP contribution in [0, 0.1) is 0 Å². The van der Waals surface area contributed by atoms with Gasteiger partial charge < -0.3 is 10.6 Å². The fourth-order valence-electron chi connectivity index (χ4n) is 1.19. The number of nitrogens with zero attached hydrogens (tertiary/aromatic N) is 2. The van der Waals surface area contributed by atoms with Crippen LogP contribution in [0.25, 0.3) is 0 Å². The van der Waals surface area contributed by atoms with Gasteiger partial charge in [0, 0.05) is 19.0 Å². The van der Waals surface area contributed by atoms with Crippen LogP contribution in [0.4, 0.5) is 0 Å². The highest BCUT2D eigenvalue weighted by Crippen LogP contribution is 1.91. The maximum Gasteiger partial charge on any atom is 0.233 e. The lowest BCUT2D eigenvalue weighted by Crippen LogP contribution is -2.37. The topological polar surface area (TPSA) is 82.7 Å². The second kappa shape index (κ2) is 6.95. The molecule has 0 fully saturated rings. The van der Waals surface area contributed by atoms with Crippen LogP contribution in [0.3, 0.4) is 0 Å². The van der Waals surface area contributed by atoms with Crippen LogP contribution in [0.5, 0.6) is 0 Å². The van der Waals surface area contributed by atoms with Gasteiger partial charge in [0.1, 0.15) is 12.2 Å². The Hall–Kier alpha value is -1.43. The van der Waals surface area contributed by atoms with Crippen molar-refractivity contribution in [2.24, 2.45) is 0 Å². The zero-order chi connectivity index (χ0) is 11.8. The molecule has 0 bridgehead atoms. The Kier molecular flexibility index (Phi) is 5.49. The van der Waals surface area contributed by atoms with Crippen molar-refractivity contribution in [3.63, 3.8) is 0 Å². The number of H-pyrrole nitrogens is 1. The number of carbonyl (C=O) groups excluding carboxylic acids is 1. The van der Waals surface area contributed by atoms with Gasteiger partial charge in [-0.2, -0.15) is 5.10 Å². The third-order valence-electron chi connectivity index (χ3n) is 2.05. The molecule has 1 heterocycles. The molecule has 0 saturated carbocycles. The van der Waals surface area contributed by atoms with Gasteiger partial charge in [-0.3, -0.25) is 9.89 Å². The van der Waals surface area contributed by atoms with Gasteiger partial charge in [0.25, 0.3) is 0 Å². The Balaban J connectivity index is 2.00. The lowest BCUT2D eigenvalue weighted by molar-refractivity contribution is -0.120. The van der Waals surface area contributed by atoms with Gasteiger partial charge in [0.05, 0.1) is 6.54 Å². The number of rotatable bonds is 7. The summed E-state index contributed by atoms with van der Waals surface area (Å²) in [5.74, 6) is 0.890. The van der Waals surface area contributed by atoms with Gasteiger partial charge in [0.15, 0.2) is 0 Å². The number of hydrogen-bond donors (Lipinski definition) is 3. The molecule has 1 rings (SSSR count). The molecule has 0 aliphatic carbocycles. The predicted molar refractivity (Wildman–Crippen MR) is 60.9 cm³/mol. The minimum Gasteiger partial charge on any atom is -0.355 e. The Morgan fingerprint density at radius 1 is 1.56 bits per heavy atom. The average Bonchev–Trinajstić information content (AvgIpc) is 2.74. The second-order valence-electron chi connectivity index (χ2n) is 3.92.